The molecule has 2 heterocycles. The van der Waals surface area contributed by atoms with E-state index in [1.54, 1.807) is 6.07 Å². The number of pyridine rings is 1. The van der Waals surface area contributed by atoms with Crippen molar-refractivity contribution in [3.05, 3.63) is 21.8 Å². The Balaban J connectivity index is 2.18. The molecular weight excluding hydrogens is 358 g/mol. The predicted molar refractivity (Wildman–Crippen MR) is 75.4 cm³/mol. The summed E-state index contributed by atoms with van der Waals surface area (Å²) < 4.78 is 22.7. The van der Waals surface area contributed by atoms with E-state index < -0.39 is 10.0 Å². The van der Waals surface area contributed by atoms with Crippen molar-refractivity contribution in [1.29, 1.82) is 0 Å². The van der Waals surface area contributed by atoms with Crippen molar-refractivity contribution < 1.29 is 13.2 Å². The van der Waals surface area contributed by atoms with Gasteiger partial charge in [-0.2, -0.15) is 0 Å². The number of rotatable bonds is 3. The zero-order chi connectivity index (χ0) is 14.2. The van der Waals surface area contributed by atoms with Gasteiger partial charge in [0.25, 0.3) is 0 Å². The normalized spacial score (nSPS) is 20.1. The summed E-state index contributed by atoms with van der Waals surface area (Å²) in [5.41, 5.74) is 0. The van der Waals surface area contributed by atoms with Gasteiger partial charge in [-0.25, -0.2) is 18.5 Å². The number of carbonyl (C=O) groups is 1. The fourth-order valence-corrected chi connectivity index (χ4v) is 3.29. The Bertz CT molecular complexity index is 622. The van der Waals surface area contributed by atoms with Crippen molar-refractivity contribution in [2.45, 2.75) is 6.42 Å². The fraction of sp³-hybridized carbons (Fsp3) is 0.400. The third-order valence-corrected chi connectivity index (χ3v) is 4.87. The molecule has 19 heavy (non-hydrogen) atoms. The Morgan fingerprint density at radius 2 is 2.26 bits per heavy atom. The van der Waals surface area contributed by atoms with Crippen molar-refractivity contribution in [2.24, 2.45) is 11.1 Å². The van der Waals surface area contributed by atoms with E-state index in [4.69, 9.17) is 16.7 Å². The summed E-state index contributed by atoms with van der Waals surface area (Å²) in [4.78, 5) is 17.4. The first-order chi connectivity index (χ1) is 8.76. The maximum Gasteiger partial charge on any atom is 0.228 e. The van der Waals surface area contributed by atoms with Gasteiger partial charge in [0.1, 0.15) is 5.82 Å². The van der Waals surface area contributed by atoms with Crippen LogP contribution in [-0.2, 0) is 14.8 Å². The highest BCUT2D eigenvalue weighted by Crippen LogP contribution is 2.29. The van der Waals surface area contributed by atoms with E-state index in [0.717, 1.165) is 0 Å². The van der Waals surface area contributed by atoms with E-state index in [1.165, 1.54) is 11.1 Å². The molecule has 1 amide bonds. The van der Waals surface area contributed by atoms with Crippen molar-refractivity contribution in [3.8, 4) is 0 Å². The van der Waals surface area contributed by atoms with Crippen molar-refractivity contribution in [1.82, 2.24) is 4.98 Å². The number of primary sulfonamides is 1. The van der Waals surface area contributed by atoms with Gasteiger partial charge in [-0.15, -0.1) is 0 Å². The third-order valence-electron chi connectivity index (χ3n) is 2.74. The highest BCUT2D eigenvalue weighted by Gasteiger charge is 2.33. The Morgan fingerprint density at radius 3 is 2.84 bits per heavy atom. The van der Waals surface area contributed by atoms with Crippen LogP contribution in [0.15, 0.2) is 16.7 Å². The van der Waals surface area contributed by atoms with Gasteiger partial charge < -0.3 is 0 Å². The number of nitrogens with zero attached hydrogens (tertiary/aromatic N) is 2. The largest absolute Gasteiger partial charge is 0.296 e. The molecule has 1 aromatic rings. The number of halogens is 2. The fourth-order valence-electron chi connectivity index (χ4n) is 1.99. The SMILES string of the molecule is NS(=O)(=O)CC1CC(=O)N(c2cc(Br)c(Cl)cn2)C1. The molecule has 1 aliphatic rings. The summed E-state index contributed by atoms with van der Waals surface area (Å²) in [5.74, 6) is -0.239. The lowest BCUT2D eigenvalue weighted by Crippen LogP contribution is -2.28. The van der Waals surface area contributed by atoms with Crippen molar-refractivity contribution >= 4 is 49.3 Å². The predicted octanol–water partition coefficient (Wildman–Crippen LogP) is 1.14. The molecule has 0 bridgehead atoms. The Kier molecular flexibility index (Phi) is 4.14. The minimum Gasteiger partial charge on any atom is -0.296 e. The molecule has 104 valence electrons. The van der Waals surface area contributed by atoms with Gasteiger partial charge >= 0.3 is 0 Å². The molecule has 0 aromatic carbocycles. The first-order valence-corrected chi connectivity index (χ1v) is 8.27. The molecule has 1 unspecified atom stereocenters. The summed E-state index contributed by atoms with van der Waals surface area (Å²) in [6.45, 7) is 0.288. The lowest BCUT2D eigenvalue weighted by Gasteiger charge is -2.15. The summed E-state index contributed by atoms with van der Waals surface area (Å²) in [7, 11) is -3.58. The van der Waals surface area contributed by atoms with E-state index >= 15 is 0 Å². The number of amides is 1. The number of sulfonamides is 1. The summed E-state index contributed by atoms with van der Waals surface area (Å²) in [6.07, 6.45) is 1.58. The Morgan fingerprint density at radius 1 is 1.58 bits per heavy atom. The summed E-state index contributed by atoms with van der Waals surface area (Å²) >= 11 is 9.08. The zero-order valence-electron chi connectivity index (χ0n) is 9.71. The van der Waals surface area contributed by atoms with E-state index in [-0.39, 0.29) is 30.5 Å². The third kappa shape index (κ3) is 3.65. The van der Waals surface area contributed by atoms with E-state index in [9.17, 15) is 13.2 Å². The molecule has 0 saturated carbocycles. The minimum absolute atomic E-state index is 0.151. The number of carbonyl (C=O) groups excluding carboxylic acids is 1. The maximum atomic E-state index is 11.9. The molecule has 1 saturated heterocycles. The van der Waals surface area contributed by atoms with Crippen LogP contribution in [0, 0.1) is 5.92 Å². The average molecular weight is 369 g/mol. The highest BCUT2D eigenvalue weighted by atomic mass is 79.9. The van der Waals surface area contributed by atoms with Crippen LogP contribution in [0.25, 0.3) is 0 Å². The molecule has 1 fully saturated rings. The van der Waals surface area contributed by atoms with Crippen LogP contribution in [0.1, 0.15) is 6.42 Å². The highest BCUT2D eigenvalue weighted by molar-refractivity contribution is 9.10. The molecular formula is C10H11BrClN3O3S. The van der Waals surface area contributed by atoms with Crippen LogP contribution >= 0.6 is 27.5 Å². The molecule has 0 aliphatic carbocycles. The molecule has 9 heteroatoms. The molecule has 2 N–H and O–H groups in total. The van der Waals surface area contributed by atoms with E-state index in [2.05, 4.69) is 20.9 Å². The second-order valence-corrected chi connectivity index (χ2v) is 7.28. The maximum absolute atomic E-state index is 11.9. The number of anilines is 1. The van der Waals surface area contributed by atoms with Crippen molar-refractivity contribution in [2.75, 3.05) is 17.2 Å². The van der Waals surface area contributed by atoms with Gasteiger partial charge in [0.2, 0.25) is 15.9 Å². The van der Waals surface area contributed by atoms with Crippen LogP contribution in [0.4, 0.5) is 5.82 Å². The van der Waals surface area contributed by atoms with Gasteiger partial charge in [0, 0.05) is 29.6 Å². The number of hydrogen-bond donors (Lipinski definition) is 1. The number of aromatic nitrogens is 1. The van der Waals surface area contributed by atoms with Crippen LogP contribution in [-0.4, -0.2) is 31.6 Å². The number of nitrogens with two attached hydrogens (primary N) is 1. The molecule has 6 nitrogen and oxygen atoms in total. The van der Waals surface area contributed by atoms with Gasteiger partial charge in [0.05, 0.1) is 10.8 Å². The summed E-state index contributed by atoms with van der Waals surface area (Å²) in [6, 6.07) is 1.62. The molecule has 0 radical (unpaired) electrons. The van der Waals surface area contributed by atoms with Crippen LogP contribution in [0.2, 0.25) is 5.02 Å². The van der Waals surface area contributed by atoms with Gasteiger partial charge in [-0.05, 0) is 22.0 Å². The van der Waals surface area contributed by atoms with E-state index in [1.807, 2.05) is 0 Å². The van der Waals surface area contributed by atoms with Gasteiger partial charge in [-0.1, -0.05) is 11.6 Å². The smallest absolute Gasteiger partial charge is 0.228 e. The molecule has 1 aromatic heterocycles. The first-order valence-electron chi connectivity index (χ1n) is 5.38. The number of hydrogen-bond acceptors (Lipinski definition) is 4. The van der Waals surface area contributed by atoms with Crippen LogP contribution in [0.5, 0.6) is 0 Å². The van der Waals surface area contributed by atoms with Crippen LogP contribution in [0.3, 0.4) is 0 Å². The average Bonchev–Trinajstić information content (AvgIpc) is 2.61. The molecule has 1 atom stereocenters. The minimum atomic E-state index is -3.58. The topological polar surface area (TPSA) is 93.4 Å². The lowest BCUT2D eigenvalue weighted by molar-refractivity contribution is -0.117. The second kappa shape index (κ2) is 5.35. The van der Waals surface area contributed by atoms with Gasteiger partial charge in [-0.3, -0.25) is 9.69 Å². The molecule has 2 rings (SSSR count). The van der Waals surface area contributed by atoms with E-state index in [0.29, 0.717) is 15.3 Å². The zero-order valence-corrected chi connectivity index (χ0v) is 12.9. The summed E-state index contributed by atoms with van der Waals surface area (Å²) in [5, 5.41) is 5.43. The second-order valence-electron chi connectivity index (χ2n) is 4.36. The van der Waals surface area contributed by atoms with Crippen LogP contribution < -0.4 is 10.0 Å². The Labute approximate surface area is 124 Å². The Hall–Kier alpha value is -0.700. The van der Waals surface area contributed by atoms with Crippen molar-refractivity contribution in [3.63, 3.8) is 0 Å². The quantitative estimate of drug-likeness (QED) is 0.865. The first kappa shape index (κ1) is 14.7. The monoisotopic (exact) mass is 367 g/mol. The molecule has 0 spiro atoms. The van der Waals surface area contributed by atoms with Gasteiger partial charge in [0.15, 0.2) is 0 Å². The molecule has 1 aliphatic heterocycles. The standard InChI is InChI=1S/C10H11BrClN3O3S/c11-7-2-9(14-3-8(7)12)15-4-6(1-10(15)16)5-19(13,17)18/h2-3,6H,1,4-5H2,(H2,13,17,18). The lowest BCUT2D eigenvalue weighted by atomic mass is 10.1.